The van der Waals surface area contributed by atoms with Crippen molar-refractivity contribution in [3.05, 3.63) is 46.2 Å². The second kappa shape index (κ2) is 3.67. The summed E-state index contributed by atoms with van der Waals surface area (Å²) in [5, 5.41) is 3.44. The second-order valence-corrected chi connectivity index (χ2v) is 3.31. The van der Waals surface area contributed by atoms with Crippen molar-refractivity contribution in [2.24, 2.45) is 12.2 Å². The Labute approximate surface area is 89.7 Å². The first-order valence-corrected chi connectivity index (χ1v) is 4.47. The van der Waals surface area contributed by atoms with Gasteiger partial charge in [-0.2, -0.15) is 0 Å². The van der Waals surface area contributed by atoms with E-state index in [-0.39, 0.29) is 5.56 Å². The summed E-state index contributed by atoms with van der Waals surface area (Å²) in [4.78, 5) is 13.9. The first kappa shape index (κ1) is 10.2. The average molecular weight is 218 g/mol. The summed E-state index contributed by atoms with van der Waals surface area (Å²) in [6.07, 6.45) is 1.52. The third kappa shape index (κ3) is 1.51. The lowest BCUT2D eigenvalue weighted by Crippen LogP contribution is -1.91. The maximum Gasteiger partial charge on any atom is 0.251 e. The predicted molar refractivity (Wildman–Crippen MR) is 56.4 cm³/mol. The molecule has 5 nitrogen and oxygen atoms in total. The molecule has 2 aromatic rings. The number of amides is 1. The molecule has 0 saturated heterocycles. The Hall–Kier alpha value is -2.33. The zero-order chi connectivity index (χ0) is 11.7. The second-order valence-electron chi connectivity index (χ2n) is 3.31. The molecule has 1 aromatic carbocycles. The van der Waals surface area contributed by atoms with Crippen LogP contribution in [0.2, 0.25) is 0 Å². The van der Waals surface area contributed by atoms with E-state index in [0.29, 0.717) is 10.9 Å². The van der Waals surface area contributed by atoms with E-state index in [1.54, 1.807) is 17.7 Å². The van der Waals surface area contributed by atoms with Crippen LogP contribution in [0.25, 0.3) is 21.3 Å². The van der Waals surface area contributed by atoms with Crippen LogP contribution in [0.5, 0.6) is 0 Å². The molecule has 0 unspecified atom stereocenters. The van der Waals surface area contributed by atoms with Crippen molar-refractivity contribution in [3.8, 4) is 0 Å². The topological polar surface area (TPSA) is 70.8 Å². The lowest BCUT2D eigenvalue weighted by atomic mass is 10.1. The molecule has 0 aliphatic carbocycles. The minimum absolute atomic E-state index is 0.204. The molecule has 0 N–H and O–H groups in total. The van der Waals surface area contributed by atoms with Crippen LogP contribution >= 0.6 is 0 Å². The van der Waals surface area contributed by atoms with Gasteiger partial charge in [0.05, 0.1) is 5.56 Å². The summed E-state index contributed by atoms with van der Waals surface area (Å²) in [6.45, 7) is 0. The third-order valence-electron chi connectivity index (χ3n) is 2.32. The Bertz CT molecular complexity index is 625. The lowest BCUT2D eigenvalue weighted by Gasteiger charge is -1.95. The largest absolute Gasteiger partial charge is 0.350 e. The van der Waals surface area contributed by atoms with Crippen molar-refractivity contribution in [3.63, 3.8) is 0 Å². The van der Waals surface area contributed by atoms with Gasteiger partial charge in [0, 0.05) is 29.1 Å². The Kier molecular flexibility index (Phi) is 2.34. The molecule has 1 amide bonds. The van der Waals surface area contributed by atoms with E-state index in [9.17, 15) is 9.18 Å². The molecular formula is C10H7FN4O. The average Bonchev–Trinajstić information content (AvgIpc) is 2.56. The third-order valence-corrected chi connectivity index (χ3v) is 2.32. The highest BCUT2D eigenvalue weighted by Crippen LogP contribution is 2.22. The summed E-state index contributed by atoms with van der Waals surface area (Å²) in [6, 6.07) is 4.12. The van der Waals surface area contributed by atoms with Gasteiger partial charge in [0.15, 0.2) is 0 Å². The molecule has 0 fully saturated rings. The Morgan fingerprint density at radius 2 is 2.31 bits per heavy atom. The maximum atomic E-state index is 13.1. The van der Waals surface area contributed by atoms with Gasteiger partial charge in [-0.25, -0.2) is 4.39 Å². The number of nitrogens with zero attached hydrogens (tertiary/aromatic N) is 4. The minimum Gasteiger partial charge on any atom is -0.350 e. The van der Waals surface area contributed by atoms with Gasteiger partial charge in [-0.05, 0) is 28.8 Å². The summed E-state index contributed by atoms with van der Waals surface area (Å²) in [5.74, 6) is -1.15. The molecule has 6 heteroatoms. The van der Waals surface area contributed by atoms with Gasteiger partial charge in [0.1, 0.15) is 5.82 Å². The van der Waals surface area contributed by atoms with Crippen molar-refractivity contribution < 1.29 is 9.18 Å². The maximum absolute atomic E-state index is 13.1. The molecule has 1 heterocycles. The quantitative estimate of drug-likeness (QED) is 0.412. The van der Waals surface area contributed by atoms with Gasteiger partial charge >= 0.3 is 0 Å². The molecule has 1 aromatic heterocycles. The molecule has 80 valence electrons. The molecule has 0 aliphatic heterocycles. The number of benzene rings is 1. The number of hydrogen-bond acceptors (Lipinski definition) is 1. The number of aromatic nitrogens is 1. The van der Waals surface area contributed by atoms with Gasteiger partial charge in [0.2, 0.25) is 0 Å². The van der Waals surface area contributed by atoms with Crippen LogP contribution < -0.4 is 0 Å². The van der Waals surface area contributed by atoms with Crippen molar-refractivity contribution in [1.82, 2.24) is 4.57 Å². The van der Waals surface area contributed by atoms with Crippen LogP contribution in [0.3, 0.4) is 0 Å². The van der Waals surface area contributed by atoms with E-state index < -0.39 is 11.7 Å². The van der Waals surface area contributed by atoms with Crippen LogP contribution in [0, 0.1) is 5.82 Å². The fraction of sp³-hybridized carbons (Fsp3) is 0.100. The number of fused-ring (bicyclic) bond motifs is 1. The first-order chi connectivity index (χ1) is 7.63. The smallest absolute Gasteiger partial charge is 0.251 e. The Morgan fingerprint density at radius 3 is 3.00 bits per heavy atom. The van der Waals surface area contributed by atoms with E-state index in [0.717, 1.165) is 0 Å². The van der Waals surface area contributed by atoms with Gasteiger partial charge in [0.25, 0.3) is 5.91 Å². The standard InChI is InChI=1S/C10H7FN4O/c1-15-5-8(10(16)13-14-12)7-4-6(11)2-3-9(7)15/h2-5H,1H3. The number of rotatable bonds is 1. The van der Waals surface area contributed by atoms with Crippen molar-refractivity contribution >= 4 is 16.8 Å². The highest BCUT2D eigenvalue weighted by molar-refractivity contribution is 6.07. The summed E-state index contributed by atoms with van der Waals surface area (Å²) < 4.78 is 14.7. The molecule has 0 saturated carbocycles. The number of azide groups is 1. The summed E-state index contributed by atoms with van der Waals surface area (Å²) >= 11 is 0. The van der Waals surface area contributed by atoms with Crippen LogP contribution in [0.1, 0.15) is 10.4 Å². The zero-order valence-electron chi connectivity index (χ0n) is 8.38. The van der Waals surface area contributed by atoms with E-state index in [1.807, 2.05) is 0 Å². The van der Waals surface area contributed by atoms with Crippen LogP contribution in [-0.2, 0) is 7.05 Å². The molecule has 0 spiro atoms. The normalized spacial score (nSPS) is 10.1. The summed E-state index contributed by atoms with van der Waals surface area (Å²) in [7, 11) is 1.73. The van der Waals surface area contributed by atoms with E-state index in [4.69, 9.17) is 5.53 Å². The van der Waals surface area contributed by atoms with Crippen molar-refractivity contribution in [2.45, 2.75) is 0 Å². The van der Waals surface area contributed by atoms with Crippen LogP contribution in [0.4, 0.5) is 4.39 Å². The SMILES string of the molecule is Cn1cc(C(=O)N=[N+]=[N-])c2cc(F)ccc21. The van der Waals surface area contributed by atoms with Crippen LogP contribution in [0.15, 0.2) is 29.5 Å². The molecule has 0 bridgehead atoms. The molecule has 2 rings (SSSR count). The molecule has 0 atom stereocenters. The van der Waals surface area contributed by atoms with Gasteiger partial charge in [-0.3, -0.25) is 4.79 Å². The monoisotopic (exact) mass is 218 g/mol. The Balaban J connectivity index is 2.75. The molecule has 0 aliphatic rings. The summed E-state index contributed by atoms with van der Waals surface area (Å²) in [5.41, 5.74) is 9.10. The Morgan fingerprint density at radius 1 is 1.56 bits per heavy atom. The van der Waals surface area contributed by atoms with Gasteiger partial charge in [-0.15, -0.1) is 0 Å². The zero-order valence-corrected chi connectivity index (χ0v) is 8.38. The van der Waals surface area contributed by atoms with Crippen molar-refractivity contribution in [2.75, 3.05) is 0 Å². The fourth-order valence-electron chi connectivity index (χ4n) is 1.63. The minimum atomic E-state index is -0.710. The number of carbonyl (C=O) groups excluding carboxylic acids is 1. The number of carbonyl (C=O) groups is 1. The van der Waals surface area contributed by atoms with Crippen LogP contribution in [-0.4, -0.2) is 10.5 Å². The fourth-order valence-corrected chi connectivity index (χ4v) is 1.63. The molecule has 0 radical (unpaired) electrons. The van der Waals surface area contributed by atoms with Gasteiger partial charge in [-0.1, -0.05) is 0 Å². The van der Waals surface area contributed by atoms with E-state index in [1.165, 1.54) is 18.3 Å². The molecular weight excluding hydrogens is 211 g/mol. The van der Waals surface area contributed by atoms with E-state index in [2.05, 4.69) is 10.0 Å². The number of hydrogen-bond donors (Lipinski definition) is 0. The highest BCUT2D eigenvalue weighted by atomic mass is 19.1. The number of aryl methyl sites for hydroxylation is 1. The highest BCUT2D eigenvalue weighted by Gasteiger charge is 2.12. The van der Waals surface area contributed by atoms with E-state index >= 15 is 0 Å². The predicted octanol–water partition coefficient (Wildman–Crippen LogP) is 2.77. The van der Waals surface area contributed by atoms with Crippen molar-refractivity contribution in [1.29, 1.82) is 0 Å². The van der Waals surface area contributed by atoms with Gasteiger partial charge < -0.3 is 4.57 Å². The first-order valence-electron chi connectivity index (χ1n) is 4.47. The molecule has 16 heavy (non-hydrogen) atoms. The lowest BCUT2D eigenvalue weighted by molar-refractivity contribution is 0.100. The number of halogens is 1.